The first-order valence-electron chi connectivity index (χ1n) is 10.8. The monoisotopic (exact) mass is 368 g/mol. The van der Waals surface area contributed by atoms with Gasteiger partial charge in [0.25, 0.3) is 0 Å². The molecule has 148 valence electrons. The number of aromatic nitrogens is 2. The van der Waals surface area contributed by atoms with Crippen molar-refractivity contribution in [3.8, 4) is 11.4 Å². The van der Waals surface area contributed by atoms with Gasteiger partial charge in [-0.3, -0.25) is 9.97 Å². The molecule has 2 heterocycles. The third-order valence-electron chi connectivity index (χ3n) is 5.38. The van der Waals surface area contributed by atoms with Crippen molar-refractivity contribution in [2.75, 3.05) is 0 Å². The van der Waals surface area contributed by atoms with Crippen LogP contribution >= 0.6 is 0 Å². The SMILES string of the molecule is CCCCCC(O)CCCCc1c(-c2ccccn2)ncc(CC)c1CC. The first kappa shape index (κ1) is 21.6. The van der Waals surface area contributed by atoms with Crippen LogP contribution in [0.4, 0.5) is 0 Å². The topological polar surface area (TPSA) is 46.0 Å². The summed E-state index contributed by atoms with van der Waals surface area (Å²) in [4.78, 5) is 9.32. The van der Waals surface area contributed by atoms with Gasteiger partial charge in [-0.1, -0.05) is 52.5 Å². The molecular weight excluding hydrogens is 332 g/mol. The molecule has 0 aliphatic heterocycles. The molecule has 0 saturated carbocycles. The summed E-state index contributed by atoms with van der Waals surface area (Å²) in [5.74, 6) is 0. The summed E-state index contributed by atoms with van der Waals surface area (Å²) in [7, 11) is 0. The van der Waals surface area contributed by atoms with E-state index >= 15 is 0 Å². The van der Waals surface area contributed by atoms with Crippen LogP contribution in [-0.2, 0) is 19.3 Å². The van der Waals surface area contributed by atoms with E-state index in [9.17, 15) is 5.11 Å². The number of rotatable bonds is 12. The number of hydrogen-bond acceptors (Lipinski definition) is 3. The van der Waals surface area contributed by atoms with Gasteiger partial charge in [-0.2, -0.15) is 0 Å². The van der Waals surface area contributed by atoms with Crippen LogP contribution in [0.1, 0.15) is 82.4 Å². The lowest BCUT2D eigenvalue weighted by atomic mass is 9.92. The highest BCUT2D eigenvalue weighted by atomic mass is 16.3. The molecule has 1 atom stereocenters. The molecule has 0 spiro atoms. The smallest absolute Gasteiger partial charge is 0.0920 e. The maximum absolute atomic E-state index is 10.2. The van der Waals surface area contributed by atoms with Gasteiger partial charge >= 0.3 is 0 Å². The normalized spacial score (nSPS) is 12.3. The first-order valence-corrected chi connectivity index (χ1v) is 10.8. The Balaban J connectivity index is 2.07. The number of aliphatic hydroxyl groups excluding tert-OH is 1. The molecule has 3 nitrogen and oxygen atoms in total. The molecule has 0 aliphatic rings. The summed E-state index contributed by atoms with van der Waals surface area (Å²) in [6.45, 7) is 6.64. The van der Waals surface area contributed by atoms with E-state index in [0.717, 1.165) is 62.8 Å². The van der Waals surface area contributed by atoms with Crippen LogP contribution in [0.15, 0.2) is 30.6 Å². The summed E-state index contributed by atoms with van der Waals surface area (Å²) in [5, 5.41) is 10.2. The average molecular weight is 369 g/mol. The highest BCUT2D eigenvalue weighted by Crippen LogP contribution is 2.28. The van der Waals surface area contributed by atoms with E-state index in [4.69, 9.17) is 4.98 Å². The molecule has 0 fully saturated rings. The van der Waals surface area contributed by atoms with Gasteiger partial charge in [0.05, 0.1) is 17.5 Å². The highest BCUT2D eigenvalue weighted by molar-refractivity contribution is 5.61. The van der Waals surface area contributed by atoms with Crippen LogP contribution in [0, 0.1) is 0 Å². The van der Waals surface area contributed by atoms with E-state index in [1.165, 1.54) is 29.5 Å². The zero-order valence-corrected chi connectivity index (χ0v) is 17.4. The molecule has 2 aromatic heterocycles. The lowest BCUT2D eigenvalue weighted by Crippen LogP contribution is -2.08. The maximum atomic E-state index is 10.2. The molecular formula is C24H36N2O. The lowest BCUT2D eigenvalue weighted by molar-refractivity contribution is 0.147. The van der Waals surface area contributed by atoms with Crippen molar-refractivity contribution in [2.45, 2.75) is 91.1 Å². The molecule has 0 saturated heterocycles. The Bertz CT molecular complexity index is 670. The van der Waals surface area contributed by atoms with Crippen LogP contribution < -0.4 is 0 Å². The van der Waals surface area contributed by atoms with E-state index in [1.807, 2.05) is 30.6 Å². The number of hydrogen-bond donors (Lipinski definition) is 1. The zero-order chi connectivity index (χ0) is 19.5. The minimum atomic E-state index is -0.141. The first-order chi connectivity index (χ1) is 13.2. The molecule has 1 unspecified atom stereocenters. The predicted molar refractivity (Wildman–Crippen MR) is 114 cm³/mol. The van der Waals surface area contributed by atoms with Crippen LogP contribution in [0.2, 0.25) is 0 Å². The molecule has 1 N–H and O–H groups in total. The molecule has 0 amide bonds. The Labute approximate surface area is 165 Å². The fraction of sp³-hybridized carbons (Fsp3) is 0.583. The largest absolute Gasteiger partial charge is 0.393 e. The van der Waals surface area contributed by atoms with Crippen molar-refractivity contribution in [3.05, 3.63) is 47.3 Å². The third kappa shape index (κ3) is 6.42. The Hall–Kier alpha value is -1.74. The van der Waals surface area contributed by atoms with Gasteiger partial charge in [0.15, 0.2) is 0 Å². The summed E-state index contributed by atoms with van der Waals surface area (Å²) in [6, 6.07) is 6.03. The molecule has 0 radical (unpaired) electrons. The fourth-order valence-electron chi connectivity index (χ4n) is 3.83. The number of pyridine rings is 2. The van der Waals surface area contributed by atoms with E-state index in [2.05, 4.69) is 25.8 Å². The fourth-order valence-corrected chi connectivity index (χ4v) is 3.83. The Kier molecular flexibility index (Phi) is 9.47. The van der Waals surface area contributed by atoms with E-state index in [1.54, 1.807) is 0 Å². The molecule has 0 aromatic carbocycles. The van der Waals surface area contributed by atoms with Gasteiger partial charge in [-0.05, 0) is 67.3 Å². The van der Waals surface area contributed by atoms with Crippen LogP contribution in [-0.4, -0.2) is 21.2 Å². The molecule has 2 rings (SSSR count). The lowest BCUT2D eigenvalue weighted by Gasteiger charge is -2.17. The number of nitrogens with zero attached hydrogens (tertiary/aromatic N) is 2. The predicted octanol–water partition coefficient (Wildman–Crippen LogP) is 5.92. The second kappa shape index (κ2) is 11.9. The molecule has 0 aliphatic carbocycles. The summed E-state index contributed by atoms with van der Waals surface area (Å²) in [5.41, 5.74) is 6.15. The number of aryl methyl sites for hydroxylation is 1. The summed E-state index contributed by atoms with van der Waals surface area (Å²) >= 11 is 0. The quantitative estimate of drug-likeness (QED) is 0.473. The van der Waals surface area contributed by atoms with Gasteiger partial charge in [-0.25, -0.2) is 0 Å². The molecule has 3 heteroatoms. The average Bonchev–Trinajstić information content (AvgIpc) is 2.71. The van der Waals surface area contributed by atoms with Gasteiger partial charge in [-0.15, -0.1) is 0 Å². The molecule has 27 heavy (non-hydrogen) atoms. The third-order valence-corrected chi connectivity index (χ3v) is 5.38. The van der Waals surface area contributed by atoms with Gasteiger partial charge < -0.3 is 5.11 Å². The Morgan fingerprint density at radius 3 is 2.30 bits per heavy atom. The minimum Gasteiger partial charge on any atom is -0.393 e. The number of unbranched alkanes of at least 4 members (excludes halogenated alkanes) is 3. The van der Waals surface area contributed by atoms with Crippen LogP contribution in [0.3, 0.4) is 0 Å². The molecule has 2 aromatic rings. The Morgan fingerprint density at radius 1 is 0.889 bits per heavy atom. The highest BCUT2D eigenvalue weighted by Gasteiger charge is 2.15. The standard InChI is InChI=1S/C24H36N2O/c1-4-7-8-13-20(27)14-9-10-15-22-21(6-3)19(5-2)18-26-24(22)23-16-11-12-17-25-23/h11-12,16-18,20,27H,4-10,13-15H2,1-3H3. The van der Waals surface area contributed by atoms with Crippen LogP contribution in [0.5, 0.6) is 0 Å². The van der Waals surface area contributed by atoms with E-state index in [-0.39, 0.29) is 6.10 Å². The number of aliphatic hydroxyl groups is 1. The van der Waals surface area contributed by atoms with Crippen LogP contribution in [0.25, 0.3) is 11.4 Å². The summed E-state index contributed by atoms with van der Waals surface area (Å²) < 4.78 is 0. The second-order valence-electron chi connectivity index (χ2n) is 7.41. The zero-order valence-electron chi connectivity index (χ0n) is 17.4. The Morgan fingerprint density at radius 2 is 1.67 bits per heavy atom. The van der Waals surface area contributed by atoms with Crippen molar-refractivity contribution in [3.63, 3.8) is 0 Å². The van der Waals surface area contributed by atoms with Gasteiger partial charge in [0.2, 0.25) is 0 Å². The second-order valence-corrected chi connectivity index (χ2v) is 7.41. The van der Waals surface area contributed by atoms with Gasteiger partial charge in [0.1, 0.15) is 0 Å². The van der Waals surface area contributed by atoms with E-state index < -0.39 is 0 Å². The maximum Gasteiger partial charge on any atom is 0.0920 e. The van der Waals surface area contributed by atoms with Crippen molar-refractivity contribution in [1.29, 1.82) is 0 Å². The van der Waals surface area contributed by atoms with Crippen molar-refractivity contribution in [2.24, 2.45) is 0 Å². The van der Waals surface area contributed by atoms with Crippen molar-refractivity contribution < 1.29 is 5.11 Å². The van der Waals surface area contributed by atoms with Gasteiger partial charge in [0, 0.05) is 12.4 Å². The molecule has 0 bridgehead atoms. The van der Waals surface area contributed by atoms with E-state index in [0.29, 0.717) is 0 Å². The van der Waals surface area contributed by atoms with Crippen molar-refractivity contribution in [1.82, 2.24) is 9.97 Å². The van der Waals surface area contributed by atoms with Crippen molar-refractivity contribution >= 4 is 0 Å². The summed E-state index contributed by atoms with van der Waals surface area (Å²) in [6.07, 6.45) is 14.4. The minimum absolute atomic E-state index is 0.141.